The Kier molecular flexibility index (Phi) is 9.35. The topological polar surface area (TPSA) is 180 Å². The zero-order chi connectivity index (χ0) is 36.1. The van der Waals surface area contributed by atoms with Crippen LogP contribution in [0, 0.1) is 23.1 Å². The number of rotatable bonds is 12. The number of hydrogen-bond donors (Lipinski definition) is 2. The summed E-state index contributed by atoms with van der Waals surface area (Å²) in [6.45, 7) is 8.63. The average Bonchev–Trinajstić information content (AvgIpc) is 3.93. The third-order valence-corrected chi connectivity index (χ3v) is 12.2. The summed E-state index contributed by atoms with van der Waals surface area (Å²) in [6, 6.07) is 2.25. The zero-order valence-electron chi connectivity index (χ0n) is 27.6. The third-order valence-electron chi connectivity index (χ3n) is 10.4. The Morgan fingerprint density at radius 2 is 1.80 bits per heavy atom. The number of nitrogens with zero attached hydrogens (tertiary/aromatic N) is 3. The average molecular weight is 714 g/mol. The smallest absolute Gasteiger partial charge is 0.410 e. The van der Waals surface area contributed by atoms with Crippen LogP contribution in [0.2, 0.25) is 0 Å². The molecule has 2 unspecified atom stereocenters. The second-order valence-corrected chi connectivity index (χ2v) is 15.8. The molecule has 14 nitrogen and oxygen atoms in total. The molecule has 6 rings (SSSR count). The van der Waals surface area contributed by atoms with Crippen LogP contribution >= 0.6 is 0 Å². The zero-order valence-corrected chi connectivity index (χ0v) is 28.5. The summed E-state index contributed by atoms with van der Waals surface area (Å²) in [7, 11) is -3.90. The number of carbonyl (C=O) groups excluding carboxylic acids is 6. The molecule has 2 saturated heterocycles. The second-order valence-electron chi connectivity index (χ2n) is 13.9. The molecule has 3 heterocycles. The second kappa shape index (κ2) is 13.3. The van der Waals surface area contributed by atoms with E-state index in [-0.39, 0.29) is 51.5 Å². The number of likely N-dealkylation sites (tertiary alicyclic amines) is 2. The third kappa shape index (κ3) is 6.76. The van der Waals surface area contributed by atoms with Gasteiger partial charge in [-0.2, -0.15) is 0 Å². The maximum absolute atomic E-state index is 14.4. The summed E-state index contributed by atoms with van der Waals surface area (Å²) in [5.74, 6) is -4.24. The first-order chi connectivity index (χ1) is 23.7. The molecule has 2 aliphatic carbocycles. The summed E-state index contributed by atoms with van der Waals surface area (Å²) in [5.41, 5.74) is -0.377. The molecule has 4 fully saturated rings. The number of allylic oxidation sites excluding steroid dienone is 1. The summed E-state index contributed by atoms with van der Waals surface area (Å²) in [6.07, 6.45) is 1.43. The van der Waals surface area contributed by atoms with E-state index in [4.69, 9.17) is 4.74 Å². The van der Waals surface area contributed by atoms with E-state index in [1.165, 1.54) is 33.8 Å². The lowest BCUT2D eigenvalue weighted by Gasteiger charge is -2.43. The first kappa shape index (κ1) is 35.2. The Labute approximate surface area is 289 Å². The van der Waals surface area contributed by atoms with Crippen LogP contribution in [0.3, 0.4) is 0 Å². The van der Waals surface area contributed by atoms with Crippen LogP contribution in [-0.2, 0) is 51.8 Å². The van der Waals surface area contributed by atoms with Gasteiger partial charge in [0.15, 0.2) is 5.78 Å². The largest absolute Gasteiger partial charge is 0.444 e. The number of ether oxygens (including phenoxy) is 1. The van der Waals surface area contributed by atoms with E-state index in [2.05, 4.69) is 23.2 Å². The van der Waals surface area contributed by atoms with Crippen molar-refractivity contribution >= 4 is 45.5 Å². The van der Waals surface area contributed by atoms with E-state index in [1.807, 2.05) is 0 Å². The van der Waals surface area contributed by atoms with Crippen molar-refractivity contribution in [2.45, 2.75) is 75.6 Å². The number of sulfonamides is 1. The van der Waals surface area contributed by atoms with Crippen molar-refractivity contribution in [2.75, 3.05) is 19.6 Å². The van der Waals surface area contributed by atoms with Gasteiger partial charge in [0.25, 0.3) is 0 Å². The molecule has 2 N–H and O–H groups in total. The van der Waals surface area contributed by atoms with E-state index in [9.17, 15) is 41.6 Å². The predicted octanol–water partition coefficient (Wildman–Crippen LogP) is 1.16. The fourth-order valence-electron chi connectivity index (χ4n) is 7.28. The quantitative estimate of drug-likeness (QED) is 0.238. The summed E-state index contributed by atoms with van der Waals surface area (Å²) in [4.78, 5) is 83.4. The molecule has 1 aromatic carbocycles. The molecule has 5 atom stereocenters. The SMILES string of the molecule is C=CC(=O)N1CC(C(NC(C)=O)C(=O)N2CC(OC(=O)N3Cc4cccc(F)c4C3)C[C@H]2C(=O)C[C@]2(C(=O)NS(=O)(=O)C3CC3)C[C@H]2C=C)C1. The Hall–Kier alpha value is -4.60. The summed E-state index contributed by atoms with van der Waals surface area (Å²) < 4.78 is 47.5. The van der Waals surface area contributed by atoms with Crippen molar-refractivity contribution in [1.29, 1.82) is 0 Å². The number of hydrogen-bond acceptors (Lipinski definition) is 9. The van der Waals surface area contributed by atoms with E-state index in [0.29, 0.717) is 24.0 Å². The van der Waals surface area contributed by atoms with Crippen molar-refractivity contribution in [3.63, 3.8) is 0 Å². The van der Waals surface area contributed by atoms with Crippen LogP contribution in [0.1, 0.15) is 50.2 Å². The first-order valence-electron chi connectivity index (χ1n) is 16.6. The van der Waals surface area contributed by atoms with Gasteiger partial charge in [-0.15, -0.1) is 6.58 Å². The fourth-order valence-corrected chi connectivity index (χ4v) is 8.66. The van der Waals surface area contributed by atoms with Gasteiger partial charge in [0.2, 0.25) is 33.7 Å². The minimum absolute atomic E-state index is 0.0187. The summed E-state index contributed by atoms with van der Waals surface area (Å²) >= 11 is 0. The van der Waals surface area contributed by atoms with Gasteiger partial charge in [0.1, 0.15) is 18.0 Å². The molecular weight excluding hydrogens is 673 g/mol. The normalized spacial score (nSPS) is 26.3. The van der Waals surface area contributed by atoms with Gasteiger partial charge in [-0.1, -0.05) is 24.8 Å². The van der Waals surface area contributed by atoms with Gasteiger partial charge in [-0.05, 0) is 42.9 Å². The molecule has 16 heteroatoms. The van der Waals surface area contributed by atoms with Crippen molar-refractivity contribution < 1.29 is 46.3 Å². The Morgan fingerprint density at radius 1 is 1.08 bits per heavy atom. The maximum atomic E-state index is 14.4. The number of amides is 5. The summed E-state index contributed by atoms with van der Waals surface area (Å²) in [5, 5.41) is 1.99. The van der Waals surface area contributed by atoms with E-state index in [0.717, 1.165) is 6.08 Å². The lowest BCUT2D eigenvalue weighted by atomic mass is 9.89. The van der Waals surface area contributed by atoms with E-state index < -0.39 is 92.5 Å². The lowest BCUT2D eigenvalue weighted by Crippen LogP contribution is -2.63. The van der Waals surface area contributed by atoms with Crippen LogP contribution in [0.15, 0.2) is 43.5 Å². The minimum atomic E-state index is -3.90. The van der Waals surface area contributed by atoms with Gasteiger partial charge in [-0.25, -0.2) is 17.6 Å². The highest BCUT2D eigenvalue weighted by Gasteiger charge is 2.61. The predicted molar refractivity (Wildman–Crippen MR) is 174 cm³/mol. The number of benzene rings is 1. The molecule has 1 aromatic rings. The van der Waals surface area contributed by atoms with Gasteiger partial charge in [0, 0.05) is 50.9 Å². The van der Waals surface area contributed by atoms with Crippen molar-refractivity contribution in [3.05, 3.63) is 60.5 Å². The molecule has 0 aromatic heterocycles. The fraction of sp³-hybridized carbons (Fsp3) is 0.529. The Morgan fingerprint density at radius 3 is 2.40 bits per heavy atom. The minimum Gasteiger partial charge on any atom is -0.444 e. The molecule has 5 amide bonds. The molecule has 5 aliphatic rings. The monoisotopic (exact) mass is 713 g/mol. The van der Waals surface area contributed by atoms with E-state index >= 15 is 0 Å². The number of Topliss-reactive ketones (excluding diaryl/α,β-unsaturated/α-hetero) is 1. The van der Waals surface area contributed by atoms with Crippen LogP contribution in [-0.4, -0.2) is 102 Å². The van der Waals surface area contributed by atoms with Gasteiger partial charge >= 0.3 is 6.09 Å². The number of ketones is 1. The molecule has 0 bridgehead atoms. The first-order valence-corrected chi connectivity index (χ1v) is 18.1. The molecule has 2 saturated carbocycles. The molecule has 0 spiro atoms. The molecule has 0 radical (unpaired) electrons. The Bertz CT molecular complexity index is 1770. The molecule has 3 aliphatic heterocycles. The van der Waals surface area contributed by atoms with E-state index in [1.54, 1.807) is 12.1 Å². The van der Waals surface area contributed by atoms with Crippen LogP contribution < -0.4 is 10.0 Å². The van der Waals surface area contributed by atoms with Gasteiger partial charge in [0.05, 0.1) is 29.8 Å². The number of fused-ring (bicyclic) bond motifs is 1. The Balaban J connectivity index is 1.22. The lowest BCUT2D eigenvalue weighted by molar-refractivity contribution is -0.146. The van der Waals surface area contributed by atoms with Crippen molar-refractivity contribution in [3.8, 4) is 0 Å². The van der Waals surface area contributed by atoms with Gasteiger partial charge in [-0.3, -0.25) is 33.6 Å². The number of carbonyl (C=O) groups is 6. The highest BCUT2D eigenvalue weighted by atomic mass is 32.2. The molecular formula is C34H40FN5O9S. The van der Waals surface area contributed by atoms with Crippen LogP contribution in [0.25, 0.3) is 0 Å². The highest BCUT2D eigenvalue weighted by molar-refractivity contribution is 7.90. The standard InChI is InChI=1S/C34H40FN5O9S/c1-4-22-12-34(22,32(45)37-50(47,48)24-9-10-24)13-28(42)27-11-23(49-33(46)39-14-20-7-6-8-26(35)25(20)18-39)17-40(27)31(44)30(36-19(3)41)21-15-38(16-21)29(43)5-2/h4-8,21-24,27,30H,1-2,9-18H2,3H3,(H,36,41)(H,37,45)/t22-,23?,27+,30?,34-/m1/s1. The number of halogens is 1. The molecule has 268 valence electrons. The number of nitrogens with one attached hydrogen (secondary N) is 2. The van der Waals surface area contributed by atoms with Crippen molar-refractivity contribution in [2.24, 2.45) is 17.3 Å². The van der Waals surface area contributed by atoms with Crippen molar-refractivity contribution in [1.82, 2.24) is 24.7 Å². The maximum Gasteiger partial charge on any atom is 0.410 e. The highest BCUT2D eigenvalue weighted by Crippen LogP contribution is 2.57. The van der Waals surface area contributed by atoms with Crippen LogP contribution in [0.4, 0.5) is 9.18 Å². The molecule has 50 heavy (non-hydrogen) atoms. The van der Waals surface area contributed by atoms with Gasteiger partial charge < -0.3 is 19.9 Å². The van der Waals surface area contributed by atoms with Crippen LogP contribution in [0.5, 0.6) is 0 Å².